The molecule has 0 saturated heterocycles. The molecule has 4 rings (SSSR count). The molecule has 29 heavy (non-hydrogen) atoms. The summed E-state index contributed by atoms with van der Waals surface area (Å²) in [5, 5.41) is 9.14. The lowest BCUT2D eigenvalue weighted by Gasteiger charge is -2.42. The van der Waals surface area contributed by atoms with Crippen LogP contribution in [-0.2, 0) is 9.53 Å². The van der Waals surface area contributed by atoms with Gasteiger partial charge in [-0.2, -0.15) is 5.26 Å². The van der Waals surface area contributed by atoms with E-state index >= 15 is 0 Å². The minimum Gasteiger partial charge on any atom is -0.486 e. The summed E-state index contributed by atoms with van der Waals surface area (Å²) in [7, 11) is 0. The maximum absolute atomic E-state index is 12.8. The first-order valence-corrected chi connectivity index (χ1v) is 10.1. The van der Waals surface area contributed by atoms with Crippen molar-refractivity contribution in [1.29, 1.82) is 5.26 Å². The van der Waals surface area contributed by atoms with Crippen molar-refractivity contribution in [2.45, 2.75) is 44.6 Å². The Kier molecular flexibility index (Phi) is 5.10. The van der Waals surface area contributed by atoms with Gasteiger partial charge in [0.15, 0.2) is 5.78 Å². The standard InChI is InChI=1S/C24H23NO4/c1-2-28-23(27)17-8-10-24(11-9-17)14-21(26)20-7-6-19(13-22(20)29-24)18-5-3-4-16(12-18)15-25/h3-7,12-13,17H,2,8-11,14H2,1H3. The molecule has 148 valence electrons. The maximum Gasteiger partial charge on any atom is 0.308 e. The number of carbonyl (C=O) groups is 2. The average Bonchev–Trinajstić information content (AvgIpc) is 2.74. The van der Waals surface area contributed by atoms with Crippen molar-refractivity contribution in [3.63, 3.8) is 0 Å². The van der Waals surface area contributed by atoms with Crippen LogP contribution in [0.4, 0.5) is 0 Å². The van der Waals surface area contributed by atoms with Gasteiger partial charge in [0.05, 0.1) is 36.1 Å². The number of ether oxygens (including phenoxy) is 2. The fourth-order valence-corrected chi connectivity index (χ4v) is 4.36. The minimum atomic E-state index is -0.541. The molecule has 2 aromatic carbocycles. The first-order valence-electron chi connectivity index (χ1n) is 10.1. The van der Waals surface area contributed by atoms with Gasteiger partial charge in [0.25, 0.3) is 0 Å². The Morgan fingerprint density at radius 2 is 1.97 bits per heavy atom. The topological polar surface area (TPSA) is 76.4 Å². The Bertz CT molecular complexity index is 996. The molecule has 1 heterocycles. The summed E-state index contributed by atoms with van der Waals surface area (Å²) >= 11 is 0. The second-order valence-electron chi connectivity index (χ2n) is 7.81. The third-order valence-corrected chi connectivity index (χ3v) is 5.93. The van der Waals surface area contributed by atoms with Crippen molar-refractivity contribution in [1.82, 2.24) is 0 Å². The molecule has 0 unspecified atom stereocenters. The molecule has 2 aliphatic rings. The molecule has 1 aliphatic carbocycles. The van der Waals surface area contributed by atoms with Gasteiger partial charge in [-0.05, 0) is 68.0 Å². The van der Waals surface area contributed by atoms with Crippen LogP contribution in [0.25, 0.3) is 11.1 Å². The minimum absolute atomic E-state index is 0.0816. The summed E-state index contributed by atoms with van der Waals surface area (Å²) in [6.07, 6.45) is 3.02. The van der Waals surface area contributed by atoms with Crippen LogP contribution in [0.5, 0.6) is 5.75 Å². The Morgan fingerprint density at radius 3 is 2.69 bits per heavy atom. The molecule has 0 N–H and O–H groups in total. The van der Waals surface area contributed by atoms with E-state index in [4.69, 9.17) is 14.7 Å². The predicted molar refractivity (Wildman–Crippen MR) is 107 cm³/mol. The molecule has 0 bridgehead atoms. The molecule has 0 amide bonds. The van der Waals surface area contributed by atoms with Crippen LogP contribution in [0.15, 0.2) is 42.5 Å². The van der Waals surface area contributed by atoms with E-state index in [1.54, 1.807) is 6.07 Å². The number of benzene rings is 2. The first-order chi connectivity index (χ1) is 14.0. The maximum atomic E-state index is 12.8. The highest BCUT2D eigenvalue weighted by Crippen LogP contribution is 2.44. The molecule has 1 fully saturated rings. The molecular weight excluding hydrogens is 366 g/mol. The predicted octanol–water partition coefficient (Wildman–Crippen LogP) is 4.68. The molecule has 5 nitrogen and oxygen atoms in total. The fraction of sp³-hybridized carbons (Fsp3) is 0.375. The van der Waals surface area contributed by atoms with Gasteiger partial charge < -0.3 is 9.47 Å². The van der Waals surface area contributed by atoms with E-state index in [-0.39, 0.29) is 17.7 Å². The van der Waals surface area contributed by atoms with Crippen LogP contribution >= 0.6 is 0 Å². The highest BCUT2D eigenvalue weighted by atomic mass is 16.5. The summed E-state index contributed by atoms with van der Waals surface area (Å²) in [6, 6.07) is 15.1. The number of nitriles is 1. The molecular formula is C24H23NO4. The molecule has 2 aromatic rings. The number of ketones is 1. The molecule has 1 aliphatic heterocycles. The van der Waals surface area contributed by atoms with Crippen molar-refractivity contribution in [3.05, 3.63) is 53.6 Å². The Hall–Kier alpha value is -3.13. The van der Waals surface area contributed by atoms with Crippen LogP contribution in [0.3, 0.4) is 0 Å². The van der Waals surface area contributed by atoms with Crippen molar-refractivity contribution < 1.29 is 19.1 Å². The van der Waals surface area contributed by atoms with Gasteiger partial charge in [0.2, 0.25) is 0 Å². The van der Waals surface area contributed by atoms with E-state index in [1.165, 1.54) is 0 Å². The van der Waals surface area contributed by atoms with E-state index < -0.39 is 5.60 Å². The van der Waals surface area contributed by atoms with Crippen LogP contribution in [0, 0.1) is 17.2 Å². The van der Waals surface area contributed by atoms with E-state index in [2.05, 4.69) is 6.07 Å². The Morgan fingerprint density at radius 1 is 1.21 bits per heavy atom. The van der Waals surface area contributed by atoms with Crippen molar-refractivity contribution in [3.8, 4) is 22.9 Å². The number of hydrogen-bond acceptors (Lipinski definition) is 5. The highest BCUT2D eigenvalue weighted by Gasteiger charge is 2.44. The summed E-state index contributed by atoms with van der Waals surface area (Å²) < 4.78 is 11.5. The van der Waals surface area contributed by atoms with Crippen LogP contribution < -0.4 is 4.74 Å². The fourth-order valence-electron chi connectivity index (χ4n) is 4.36. The average molecular weight is 389 g/mol. The van der Waals surface area contributed by atoms with E-state index in [1.807, 2.05) is 43.3 Å². The van der Waals surface area contributed by atoms with Gasteiger partial charge in [-0.3, -0.25) is 9.59 Å². The summed E-state index contributed by atoms with van der Waals surface area (Å²) in [5.41, 5.74) is 2.47. The number of Topliss-reactive ketones (excluding diaryl/α,β-unsaturated/α-hetero) is 1. The normalized spacial score (nSPS) is 23.0. The van der Waals surface area contributed by atoms with Crippen molar-refractivity contribution in [2.24, 2.45) is 5.92 Å². The number of rotatable bonds is 3. The largest absolute Gasteiger partial charge is 0.486 e. The quantitative estimate of drug-likeness (QED) is 0.712. The number of nitrogens with zero attached hydrogens (tertiary/aromatic N) is 1. The molecule has 1 spiro atoms. The van der Waals surface area contributed by atoms with Gasteiger partial charge in [-0.1, -0.05) is 18.2 Å². The third-order valence-electron chi connectivity index (χ3n) is 5.93. The summed E-state index contributed by atoms with van der Waals surface area (Å²) in [5.74, 6) is 0.416. The smallest absolute Gasteiger partial charge is 0.308 e. The van der Waals surface area contributed by atoms with Gasteiger partial charge in [0.1, 0.15) is 11.4 Å². The zero-order valence-corrected chi connectivity index (χ0v) is 16.4. The molecule has 1 saturated carbocycles. The van der Waals surface area contributed by atoms with Gasteiger partial charge >= 0.3 is 5.97 Å². The molecule has 0 aromatic heterocycles. The SMILES string of the molecule is CCOC(=O)C1CCC2(CC1)CC(=O)c1ccc(-c3cccc(C#N)c3)cc1O2. The zero-order valence-electron chi connectivity index (χ0n) is 16.4. The van der Waals surface area contributed by atoms with E-state index in [0.717, 1.165) is 11.1 Å². The Balaban J connectivity index is 1.58. The second-order valence-corrected chi connectivity index (χ2v) is 7.81. The lowest BCUT2D eigenvalue weighted by molar-refractivity contribution is -0.150. The van der Waals surface area contributed by atoms with E-state index in [0.29, 0.717) is 55.6 Å². The lowest BCUT2D eigenvalue weighted by atomic mass is 9.74. The first kappa shape index (κ1) is 19.2. The Labute approximate surface area is 170 Å². The van der Waals surface area contributed by atoms with E-state index in [9.17, 15) is 9.59 Å². The highest BCUT2D eigenvalue weighted by molar-refractivity contribution is 6.01. The van der Waals surface area contributed by atoms with Gasteiger partial charge in [-0.15, -0.1) is 0 Å². The molecule has 0 radical (unpaired) electrons. The third kappa shape index (κ3) is 3.75. The number of fused-ring (bicyclic) bond motifs is 1. The van der Waals surface area contributed by atoms with Gasteiger partial charge in [0, 0.05) is 0 Å². The van der Waals surface area contributed by atoms with Crippen LogP contribution in [0.1, 0.15) is 54.9 Å². The number of esters is 1. The second kappa shape index (κ2) is 7.71. The number of hydrogen-bond donors (Lipinski definition) is 0. The lowest BCUT2D eigenvalue weighted by Crippen LogP contribution is -2.46. The van der Waals surface area contributed by atoms with Crippen molar-refractivity contribution in [2.75, 3.05) is 6.61 Å². The number of carbonyl (C=O) groups excluding carboxylic acids is 2. The van der Waals surface area contributed by atoms with Crippen molar-refractivity contribution >= 4 is 11.8 Å². The van der Waals surface area contributed by atoms with Crippen LogP contribution in [-0.4, -0.2) is 24.0 Å². The summed E-state index contributed by atoms with van der Waals surface area (Å²) in [4.78, 5) is 24.8. The van der Waals surface area contributed by atoms with Gasteiger partial charge in [-0.25, -0.2) is 0 Å². The van der Waals surface area contributed by atoms with Crippen LogP contribution in [0.2, 0.25) is 0 Å². The molecule has 5 heteroatoms. The monoisotopic (exact) mass is 389 g/mol. The molecule has 0 atom stereocenters. The zero-order chi connectivity index (χ0) is 20.4. The summed E-state index contributed by atoms with van der Waals surface area (Å²) in [6.45, 7) is 2.20.